The van der Waals surface area contributed by atoms with E-state index in [4.69, 9.17) is 18.9 Å². The quantitative estimate of drug-likeness (QED) is 0.0353. The molecule has 1 spiro atoms. The van der Waals surface area contributed by atoms with Crippen molar-refractivity contribution in [2.45, 2.75) is 74.8 Å². The number of aromatic hydroxyl groups is 1. The predicted octanol–water partition coefficient (Wildman–Crippen LogP) is 7.80. The van der Waals surface area contributed by atoms with Crippen molar-refractivity contribution in [3.8, 4) is 17.6 Å². The number of amides is 3. The Hall–Kier alpha value is -8.36. The van der Waals surface area contributed by atoms with Crippen molar-refractivity contribution in [3.05, 3.63) is 171 Å². The van der Waals surface area contributed by atoms with Gasteiger partial charge in [-0.2, -0.15) is 0 Å². The Morgan fingerprint density at radius 1 is 0.781 bits per heavy atom. The third-order valence-electron chi connectivity index (χ3n) is 14.3. The summed E-state index contributed by atoms with van der Waals surface area (Å²) in [6, 6.07) is 31.1. The number of rotatable bonds is 10. The molecule has 73 heavy (non-hydrogen) atoms. The highest BCUT2D eigenvalue weighted by Crippen LogP contribution is 2.66. The molecule has 4 heterocycles. The molecular weight excluding hydrogens is 937 g/mol. The number of esters is 3. The number of imide groups is 1. The molecule has 17 heteroatoms. The number of fused-ring (bicyclic) bond motifs is 3. The number of non-ortho nitro benzene ring substituents is 1. The van der Waals surface area contributed by atoms with Gasteiger partial charge in [0.2, 0.25) is 11.8 Å². The van der Waals surface area contributed by atoms with Gasteiger partial charge in [0.05, 0.1) is 42.8 Å². The molecule has 6 unspecified atom stereocenters. The van der Waals surface area contributed by atoms with E-state index >= 15 is 14.4 Å². The fourth-order valence-electron chi connectivity index (χ4n) is 11.0. The van der Waals surface area contributed by atoms with E-state index in [0.717, 1.165) is 38.4 Å². The number of nitrogens with zero attached hydrogens (tertiary/aromatic N) is 4. The van der Waals surface area contributed by atoms with E-state index in [9.17, 15) is 29.6 Å². The number of likely N-dealkylation sites (tertiary alicyclic amines) is 1. The van der Waals surface area contributed by atoms with Crippen molar-refractivity contribution >= 4 is 47.2 Å². The normalized spacial score (nSPS) is 22.5. The highest BCUT2D eigenvalue weighted by Gasteiger charge is 2.76. The second-order valence-electron chi connectivity index (χ2n) is 18.4. The van der Waals surface area contributed by atoms with Crippen molar-refractivity contribution < 1.29 is 57.7 Å². The summed E-state index contributed by atoms with van der Waals surface area (Å²) in [6.07, 6.45) is 1.60. The van der Waals surface area contributed by atoms with Crippen molar-refractivity contribution in [2.75, 3.05) is 32.2 Å². The van der Waals surface area contributed by atoms with Crippen molar-refractivity contribution in [2.24, 2.45) is 11.8 Å². The lowest BCUT2D eigenvalue weighted by molar-refractivity contribution is -0.384. The van der Waals surface area contributed by atoms with Gasteiger partial charge in [-0.05, 0) is 83.1 Å². The molecule has 0 radical (unpaired) electrons. The van der Waals surface area contributed by atoms with Gasteiger partial charge in [-0.25, -0.2) is 9.69 Å². The lowest BCUT2D eigenvalue weighted by atomic mass is 9.64. The number of carbonyl (C=O) groups is 6. The number of hydrogen-bond acceptors (Lipinski definition) is 14. The molecule has 0 bridgehead atoms. The maximum Gasteiger partial charge on any atom is 0.421 e. The van der Waals surface area contributed by atoms with Crippen molar-refractivity contribution in [1.82, 2.24) is 9.80 Å². The third kappa shape index (κ3) is 9.25. The van der Waals surface area contributed by atoms with Crippen LogP contribution in [-0.2, 0) is 54.9 Å². The molecule has 5 aromatic rings. The molecule has 4 aliphatic heterocycles. The average Bonchev–Trinajstić information content (AvgIpc) is 3.85. The van der Waals surface area contributed by atoms with Gasteiger partial charge in [-0.15, -0.1) is 0 Å². The van der Waals surface area contributed by atoms with Gasteiger partial charge in [0.25, 0.3) is 5.69 Å². The summed E-state index contributed by atoms with van der Waals surface area (Å²) in [5.74, 6) is -1.02. The van der Waals surface area contributed by atoms with E-state index in [2.05, 4.69) is 11.8 Å². The summed E-state index contributed by atoms with van der Waals surface area (Å²) in [7, 11) is 2.27. The lowest BCUT2D eigenvalue weighted by Gasteiger charge is -2.46. The Morgan fingerprint density at radius 3 is 2.01 bits per heavy atom. The fraction of sp³-hybridized carbons (Fsp3) is 0.321. The molecule has 0 aromatic heterocycles. The van der Waals surface area contributed by atoms with Gasteiger partial charge in [-0.3, -0.25) is 39.0 Å². The largest absolute Gasteiger partial charge is 0.508 e. The molecule has 3 fully saturated rings. The number of anilines is 1. The summed E-state index contributed by atoms with van der Waals surface area (Å²) >= 11 is 0. The van der Waals surface area contributed by atoms with Crippen LogP contribution < -0.4 is 4.90 Å². The van der Waals surface area contributed by atoms with Crippen LogP contribution in [0.1, 0.15) is 90.1 Å². The predicted molar refractivity (Wildman–Crippen MR) is 262 cm³/mol. The zero-order chi connectivity index (χ0) is 51.4. The van der Waals surface area contributed by atoms with Crippen LogP contribution >= 0.6 is 0 Å². The number of ether oxygens (including phenoxy) is 4. The molecule has 0 aliphatic carbocycles. The number of morpholine rings is 1. The zero-order valence-corrected chi connectivity index (χ0v) is 40.1. The minimum atomic E-state index is -2.15. The van der Waals surface area contributed by atoms with Crippen LogP contribution in [0.25, 0.3) is 0 Å². The number of nitro groups is 1. The van der Waals surface area contributed by atoms with Gasteiger partial charge < -0.3 is 29.0 Å². The minimum Gasteiger partial charge on any atom is -0.508 e. The molecule has 4 aliphatic rings. The van der Waals surface area contributed by atoms with Crippen LogP contribution in [0.4, 0.5) is 16.2 Å². The Balaban J connectivity index is 1.30. The topological polar surface area (TPSA) is 212 Å². The van der Waals surface area contributed by atoms with Crippen LogP contribution in [0.3, 0.4) is 0 Å². The van der Waals surface area contributed by atoms with E-state index in [1.165, 1.54) is 42.5 Å². The van der Waals surface area contributed by atoms with E-state index in [1.807, 2.05) is 65.6 Å². The number of hydrogen-bond donors (Lipinski definition) is 1. The molecule has 9 rings (SSSR count). The van der Waals surface area contributed by atoms with Crippen LogP contribution in [0.5, 0.6) is 5.75 Å². The summed E-state index contributed by atoms with van der Waals surface area (Å²) in [4.78, 5) is 104. The molecule has 5 aromatic carbocycles. The minimum absolute atomic E-state index is 0.0320. The first-order valence-corrected chi connectivity index (χ1v) is 24.1. The number of phenolic OH excluding ortho intramolecular Hbond substituents is 1. The molecular formula is C56H52N4O13. The molecule has 6 atom stereocenters. The van der Waals surface area contributed by atoms with E-state index in [0.29, 0.717) is 48.2 Å². The maximum atomic E-state index is 16.6. The Morgan fingerprint density at radius 2 is 1.40 bits per heavy atom. The third-order valence-corrected chi connectivity index (χ3v) is 14.3. The number of nitro benzene ring substituents is 1. The van der Waals surface area contributed by atoms with Crippen LogP contribution in [0.15, 0.2) is 127 Å². The molecule has 0 saturated carbocycles. The van der Waals surface area contributed by atoms with Crippen molar-refractivity contribution in [3.63, 3.8) is 0 Å². The van der Waals surface area contributed by atoms with E-state index < -0.39 is 88.8 Å². The summed E-state index contributed by atoms with van der Waals surface area (Å²) in [5.41, 5.74) is 0.258. The van der Waals surface area contributed by atoms with Crippen LogP contribution in [0.2, 0.25) is 0 Å². The lowest BCUT2D eigenvalue weighted by Crippen LogP contribution is -2.56. The van der Waals surface area contributed by atoms with Crippen molar-refractivity contribution in [1.29, 1.82) is 0 Å². The number of methoxy groups -OCH3 is 2. The first-order valence-electron chi connectivity index (χ1n) is 24.1. The summed E-state index contributed by atoms with van der Waals surface area (Å²) in [5, 5.41) is 22.2. The van der Waals surface area contributed by atoms with Crippen LogP contribution in [-0.4, -0.2) is 89.0 Å². The number of cyclic esters (lactones) is 1. The second kappa shape index (κ2) is 21.2. The van der Waals surface area contributed by atoms with Gasteiger partial charge in [0.15, 0.2) is 5.92 Å². The average molecular weight is 989 g/mol. The van der Waals surface area contributed by atoms with Gasteiger partial charge >= 0.3 is 24.0 Å². The standard InChI is InChI=1S/C56H52N4O13/c1-70-51(63)42(52(64)71-2)20-14-15-35-23-30-44-43(33-35)56(54(66)58(44)55(67)72-34-36-21-26-40(27-22-36)60(68)69)45(50(62)57-31-12-4-3-5-13-32-57)47-53(65)73-48(38-18-10-7-11-19-38)46(37-16-8-6-9-17-37)59(47)49(56)39-24-28-41(61)29-25-39/h6-11,16-19,21-30,33,42,45-49,61H,3-5,12-13,20,31-32,34H2,1-2H3. The smallest absolute Gasteiger partial charge is 0.421 e. The number of benzene rings is 5. The van der Waals surface area contributed by atoms with E-state index in [1.54, 1.807) is 29.2 Å². The van der Waals surface area contributed by atoms with Gasteiger partial charge in [-0.1, -0.05) is 104 Å². The maximum absolute atomic E-state index is 16.6. The molecule has 3 saturated heterocycles. The van der Waals surface area contributed by atoms with E-state index in [-0.39, 0.29) is 34.7 Å². The molecule has 374 valence electrons. The summed E-state index contributed by atoms with van der Waals surface area (Å²) < 4.78 is 22.2. The molecule has 1 N–H and O–H groups in total. The monoisotopic (exact) mass is 988 g/mol. The Labute approximate surface area is 420 Å². The highest BCUT2D eigenvalue weighted by atomic mass is 16.6. The SMILES string of the molecule is COC(=O)C(CC#Cc1ccc2c(c1)C1(C(=O)N2C(=O)OCc2ccc([N+](=O)[O-])cc2)C(C(=O)N2CCCCCCC2)C2C(=O)OC(c3ccccc3)C(c3ccccc3)N2C1c1ccc(O)cc1)C(=O)OC. The Bertz CT molecular complexity index is 2970. The first-order chi connectivity index (χ1) is 35.4. The molecule has 17 nitrogen and oxygen atoms in total. The highest BCUT2D eigenvalue weighted by molar-refractivity contribution is 6.23. The van der Waals surface area contributed by atoms with Gasteiger partial charge in [0, 0.05) is 37.2 Å². The Kier molecular flexibility index (Phi) is 14.4. The number of phenols is 1. The van der Waals surface area contributed by atoms with Crippen LogP contribution in [0, 0.1) is 33.8 Å². The fourth-order valence-corrected chi connectivity index (χ4v) is 11.0. The number of carbonyl (C=O) groups excluding carboxylic acids is 6. The first kappa shape index (κ1) is 49.6. The zero-order valence-electron chi connectivity index (χ0n) is 40.1. The molecule has 3 amide bonds. The second-order valence-corrected chi connectivity index (χ2v) is 18.4. The summed E-state index contributed by atoms with van der Waals surface area (Å²) in [6.45, 7) is 0.267. The van der Waals surface area contributed by atoms with Gasteiger partial charge in [0.1, 0.15) is 29.9 Å².